The van der Waals surface area contributed by atoms with Crippen molar-refractivity contribution in [3.63, 3.8) is 0 Å². The van der Waals surface area contributed by atoms with Gasteiger partial charge in [0.25, 0.3) is 15.9 Å². The van der Waals surface area contributed by atoms with Crippen molar-refractivity contribution in [2.45, 2.75) is 17.4 Å². The van der Waals surface area contributed by atoms with E-state index in [1.807, 2.05) is 12.1 Å². The minimum Gasteiger partial charge on any atom is -0.476 e. The number of nitrogens with zero attached hydrogens (tertiary/aromatic N) is 1. The third kappa shape index (κ3) is 4.85. The number of rotatable bonds is 6. The highest BCUT2D eigenvalue weighted by Gasteiger charge is 2.37. The molecule has 0 fully saturated rings. The Morgan fingerprint density at radius 2 is 1.69 bits per heavy atom. The van der Waals surface area contributed by atoms with Crippen LogP contribution in [0.4, 0.5) is 5.69 Å². The summed E-state index contributed by atoms with van der Waals surface area (Å²) in [7, 11) is -3.92. The molecule has 0 spiro atoms. The molecule has 0 bridgehead atoms. The lowest BCUT2D eigenvalue weighted by molar-refractivity contribution is -0.127. The van der Waals surface area contributed by atoms with Gasteiger partial charge in [0, 0.05) is 16.6 Å². The van der Waals surface area contributed by atoms with Gasteiger partial charge in [0.2, 0.25) is 0 Å². The second kappa shape index (κ2) is 9.40. The number of fused-ring (bicyclic) bond motifs is 1. The molecule has 1 atom stereocenters. The molecule has 0 radical (unpaired) electrons. The molecule has 0 aliphatic carbocycles. The Hall–Kier alpha value is -2.74. The standard InChI is InChI=1S/C23H20Cl2N2O4S/c24-17-8-6-16(7-9-17)12-13-26-23(28)22-15-27(20-14-18(25)10-11-21(20)31-22)32(29,30)19-4-2-1-3-5-19/h1-11,14,22H,12-13,15H2,(H,26,28)/t22-/m0/s1. The number of anilines is 1. The van der Waals surface area contributed by atoms with Crippen molar-refractivity contribution < 1.29 is 17.9 Å². The molecular weight excluding hydrogens is 471 g/mol. The van der Waals surface area contributed by atoms with Gasteiger partial charge >= 0.3 is 0 Å². The van der Waals surface area contributed by atoms with Crippen LogP contribution in [-0.2, 0) is 21.2 Å². The van der Waals surface area contributed by atoms with Crippen molar-refractivity contribution in [3.8, 4) is 5.75 Å². The summed E-state index contributed by atoms with van der Waals surface area (Å²) in [5.41, 5.74) is 1.32. The molecule has 1 aliphatic rings. The first-order chi connectivity index (χ1) is 15.3. The first-order valence-electron chi connectivity index (χ1n) is 9.91. The summed E-state index contributed by atoms with van der Waals surface area (Å²) in [5, 5.41) is 3.84. The fourth-order valence-corrected chi connectivity index (χ4v) is 5.18. The van der Waals surface area contributed by atoms with Crippen molar-refractivity contribution in [1.82, 2.24) is 5.32 Å². The molecule has 0 saturated carbocycles. The first-order valence-corrected chi connectivity index (χ1v) is 12.1. The van der Waals surface area contributed by atoms with Gasteiger partial charge < -0.3 is 10.1 Å². The highest BCUT2D eigenvalue weighted by Crippen LogP contribution is 2.38. The van der Waals surface area contributed by atoms with Crippen molar-refractivity contribution in [1.29, 1.82) is 0 Å². The highest BCUT2D eigenvalue weighted by atomic mass is 35.5. The Balaban J connectivity index is 1.54. The van der Waals surface area contributed by atoms with Crippen molar-refractivity contribution in [2.24, 2.45) is 0 Å². The maximum absolute atomic E-state index is 13.3. The summed E-state index contributed by atoms with van der Waals surface area (Å²) in [6.45, 7) is 0.205. The molecule has 4 rings (SSSR count). The summed E-state index contributed by atoms with van der Waals surface area (Å²) in [6, 6.07) is 20.1. The fraction of sp³-hybridized carbons (Fsp3) is 0.174. The van der Waals surface area contributed by atoms with E-state index in [1.54, 1.807) is 42.5 Å². The predicted octanol–water partition coefficient (Wildman–Crippen LogP) is 4.31. The van der Waals surface area contributed by atoms with Crippen LogP contribution in [0, 0.1) is 0 Å². The van der Waals surface area contributed by atoms with Crippen LogP contribution in [0.15, 0.2) is 77.7 Å². The average Bonchev–Trinajstić information content (AvgIpc) is 2.80. The number of ether oxygens (including phenoxy) is 1. The first kappa shape index (κ1) is 22.5. The van der Waals surface area contributed by atoms with Gasteiger partial charge in [-0.15, -0.1) is 0 Å². The quantitative estimate of drug-likeness (QED) is 0.558. The summed E-state index contributed by atoms with van der Waals surface area (Å²) < 4.78 is 33.7. The van der Waals surface area contributed by atoms with E-state index in [4.69, 9.17) is 27.9 Å². The smallest absolute Gasteiger partial charge is 0.264 e. The lowest BCUT2D eigenvalue weighted by Crippen LogP contribution is -2.51. The lowest BCUT2D eigenvalue weighted by Gasteiger charge is -2.34. The Bertz CT molecular complexity index is 1220. The summed E-state index contributed by atoms with van der Waals surface area (Å²) in [6.07, 6.45) is -0.402. The number of carbonyl (C=O) groups is 1. The minimum atomic E-state index is -3.92. The average molecular weight is 491 g/mol. The van der Waals surface area contributed by atoms with Gasteiger partial charge in [-0.3, -0.25) is 9.10 Å². The van der Waals surface area contributed by atoms with Gasteiger partial charge in [-0.2, -0.15) is 0 Å². The van der Waals surface area contributed by atoms with E-state index in [0.29, 0.717) is 28.7 Å². The molecule has 1 N–H and O–H groups in total. The summed E-state index contributed by atoms with van der Waals surface area (Å²) in [4.78, 5) is 12.9. The molecule has 32 heavy (non-hydrogen) atoms. The third-order valence-electron chi connectivity index (χ3n) is 5.04. The molecule has 1 aliphatic heterocycles. The van der Waals surface area contributed by atoms with Crippen LogP contribution in [0.3, 0.4) is 0 Å². The second-order valence-corrected chi connectivity index (χ2v) is 9.97. The minimum absolute atomic E-state index is 0.120. The van der Waals surface area contributed by atoms with Crippen LogP contribution in [0.2, 0.25) is 10.0 Å². The van der Waals surface area contributed by atoms with Crippen LogP contribution < -0.4 is 14.4 Å². The number of sulfonamides is 1. The molecule has 0 unspecified atom stereocenters. The van der Waals surface area contributed by atoms with Crippen LogP contribution >= 0.6 is 23.2 Å². The van der Waals surface area contributed by atoms with Crippen molar-refractivity contribution >= 4 is 44.8 Å². The summed E-state index contributed by atoms with van der Waals surface area (Å²) >= 11 is 12.0. The van der Waals surface area contributed by atoms with Gasteiger partial charge in [-0.1, -0.05) is 53.5 Å². The van der Waals surface area contributed by atoms with Crippen molar-refractivity contribution in [3.05, 3.63) is 88.4 Å². The fourth-order valence-electron chi connectivity index (χ4n) is 3.40. The maximum atomic E-state index is 13.3. The number of benzene rings is 3. The Morgan fingerprint density at radius 1 is 1.00 bits per heavy atom. The van der Waals surface area contributed by atoms with E-state index in [0.717, 1.165) is 5.56 Å². The molecule has 9 heteroatoms. The molecule has 0 aromatic heterocycles. The van der Waals surface area contributed by atoms with Gasteiger partial charge in [-0.05, 0) is 54.4 Å². The molecular formula is C23H20Cl2N2O4S. The third-order valence-corrected chi connectivity index (χ3v) is 7.32. The number of hydrogen-bond donors (Lipinski definition) is 1. The number of carbonyl (C=O) groups excluding carboxylic acids is 1. The summed E-state index contributed by atoms with van der Waals surface area (Å²) in [5.74, 6) is -0.120. The molecule has 0 saturated heterocycles. The Kier molecular flexibility index (Phi) is 6.60. The van der Waals surface area contributed by atoms with E-state index < -0.39 is 22.0 Å². The zero-order valence-electron chi connectivity index (χ0n) is 16.9. The Morgan fingerprint density at radius 3 is 2.41 bits per heavy atom. The van der Waals surface area contributed by atoms with Crippen LogP contribution in [0.1, 0.15) is 5.56 Å². The maximum Gasteiger partial charge on any atom is 0.264 e. The SMILES string of the molecule is O=C(NCCc1ccc(Cl)cc1)[C@@H]1CN(S(=O)(=O)c2ccccc2)c2cc(Cl)ccc2O1. The second-order valence-electron chi connectivity index (χ2n) is 7.24. The molecule has 3 aromatic carbocycles. The predicted molar refractivity (Wildman–Crippen MR) is 125 cm³/mol. The largest absolute Gasteiger partial charge is 0.476 e. The topological polar surface area (TPSA) is 75.7 Å². The Labute approximate surface area is 196 Å². The van der Waals surface area contributed by atoms with E-state index in [9.17, 15) is 13.2 Å². The van der Waals surface area contributed by atoms with E-state index >= 15 is 0 Å². The monoisotopic (exact) mass is 490 g/mol. The van der Waals surface area contributed by atoms with Gasteiger partial charge in [0.1, 0.15) is 5.75 Å². The number of amides is 1. The number of nitrogens with one attached hydrogen (secondary N) is 1. The normalized spacial score (nSPS) is 15.6. The zero-order valence-corrected chi connectivity index (χ0v) is 19.2. The lowest BCUT2D eigenvalue weighted by atomic mass is 10.1. The number of hydrogen-bond acceptors (Lipinski definition) is 4. The highest BCUT2D eigenvalue weighted by molar-refractivity contribution is 7.92. The zero-order chi connectivity index (χ0) is 22.7. The van der Waals surface area contributed by atoms with Gasteiger partial charge in [-0.25, -0.2) is 8.42 Å². The van der Waals surface area contributed by atoms with Gasteiger partial charge in [0.15, 0.2) is 6.10 Å². The van der Waals surface area contributed by atoms with E-state index in [-0.39, 0.29) is 17.2 Å². The molecule has 6 nitrogen and oxygen atoms in total. The van der Waals surface area contributed by atoms with Crippen molar-refractivity contribution in [2.75, 3.05) is 17.4 Å². The molecule has 3 aromatic rings. The molecule has 166 valence electrons. The molecule has 1 heterocycles. The van der Waals surface area contributed by atoms with Gasteiger partial charge in [0.05, 0.1) is 17.1 Å². The number of halogens is 2. The van der Waals surface area contributed by atoms with Crippen LogP contribution in [0.25, 0.3) is 0 Å². The van der Waals surface area contributed by atoms with E-state index in [2.05, 4.69) is 5.32 Å². The molecule has 1 amide bonds. The van der Waals surface area contributed by atoms with Crippen LogP contribution in [-0.4, -0.2) is 33.5 Å². The van der Waals surface area contributed by atoms with E-state index in [1.165, 1.54) is 22.5 Å². The van der Waals surface area contributed by atoms with Crippen LogP contribution in [0.5, 0.6) is 5.75 Å².